The minimum absolute atomic E-state index is 0.0105. The Hall–Kier alpha value is -1.52. The van der Waals surface area contributed by atoms with E-state index in [9.17, 15) is 4.57 Å². The molecule has 0 saturated carbocycles. The summed E-state index contributed by atoms with van der Waals surface area (Å²) in [7, 11) is -3.06. The Morgan fingerprint density at radius 2 is 1.75 bits per heavy atom. The molecule has 0 fully saturated rings. The molecule has 0 amide bonds. The van der Waals surface area contributed by atoms with Crippen molar-refractivity contribution in [2.45, 2.75) is 6.16 Å². The lowest BCUT2D eigenvalue weighted by Crippen LogP contribution is -2.10. The van der Waals surface area contributed by atoms with Crippen molar-refractivity contribution >= 4 is 24.3 Å². The van der Waals surface area contributed by atoms with Crippen molar-refractivity contribution < 1.29 is 9.09 Å². The maximum absolute atomic E-state index is 13.1. The Kier molecular flexibility index (Phi) is 5.04. The molecule has 2 aromatic carbocycles. The van der Waals surface area contributed by atoms with Gasteiger partial charge in [-0.25, -0.2) is 0 Å². The third-order valence-corrected chi connectivity index (χ3v) is 5.60. The fourth-order valence-electron chi connectivity index (χ4n) is 1.86. The molecule has 102 valence electrons. The summed E-state index contributed by atoms with van der Waals surface area (Å²) in [5.41, 5.74) is 0.790. The monoisotopic (exact) mass is 304 g/mol. The smallest absolute Gasteiger partial charge is 0.237 e. The maximum atomic E-state index is 13.1. The van der Waals surface area contributed by atoms with Gasteiger partial charge in [0.2, 0.25) is 7.37 Å². The molecule has 0 aliphatic rings. The molecule has 0 heterocycles. The highest BCUT2D eigenvalue weighted by atomic mass is 35.5. The predicted octanol–water partition coefficient (Wildman–Crippen LogP) is 4.09. The van der Waals surface area contributed by atoms with Crippen molar-refractivity contribution in [2.75, 3.05) is 6.61 Å². The highest BCUT2D eigenvalue weighted by Crippen LogP contribution is 2.49. The first kappa shape index (κ1) is 14.9. The van der Waals surface area contributed by atoms with Gasteiger partial charge in [0.1, 0.15) is 6.61 Å². The zero-order valence-electron chi connectivity index (χ0n) is 10.8. The van der Waals surface area contributed by atoms with Crippen LogP contribution in [0.4, 0.5) is 0 Å². The molecule has 0 radical (unpaired) electrons. The van der Waals surface area contributed by atoms with Crippen molar-refractivity contribution in [2.24, 2.45) is 0 Å². The van der Waals surface area contributed by atoms with E-state index in [0.29, 0.717) is 10.3 Å². The van der Waals surface area contributed by atoms with E-state index < -0.39 is 7.37 Å². The summed E-state index contributed by atoms with van der Waals surface area (Å²) in [6.07, 6.45) is 5.45. The second-order valence-electron chi connectivity index (χ2n) is 4.24. The number of benzene rings is 2. The largest absolute Gasteiger partial charge is 0.312 e. The van der Waals surface area contributed by atoms with E-state index in [1.165, 1.54) is 0 Å². The van der Waals surface area contributed by atoms with Gasteiger partial charge in [-0.05, 0) is 23.8 Å². The van der Waals surface area contributed by atoms with Crippen molar-refractivity contribution in [3.63, 3.8) is 0 Å². The average Bonchev–Trinajstić information content (AvgIpc) is 2.48. The first-order valence-electron chi connectivity index (χ1n) is 6.12. The first-order valence-corrected chi connectivity index (χ1v) is 8.30. The maximum Gasteiger partial charge on any atom is 0.237 e. The Labute approximate surface area is 124 Å². The van der Waals surface area contributed by atoms with Gasteiger partial charge in [-0.1, -0.05) is 53.9 Å². The van der Waals surface area contributed by atoms with Crippen LogP contribution in [0.15, 0.2) is 54.6 Å². The van der Waals surface area contributed by atoms with Crippen LogP contribution < -0.4 is 5.30 Å². The van der Waals surface area contributed by atoms with Gasteiger partial charge in [-0.15, -0.1) is 6.42 Å². The fraction of sp³-hybridized carbons (Fsp3) is 0.125. The first-order chi connectivity index (χ1) is 9.65. The number of halogens is 1. The summed E-state index contributed by atoms with van der Waals surface area (Å²) in [6, 6.07) is 16.4. The Bertz CT molecular complexity index is 662. The summed E-state index contributed by atoms with van der Waals surface area (Å²) in [5.74, 6) is 2.37. The Morgan fingerprint density at radius 3 is 2.40 bits per heavy atom. The molecule has 20 heavy (non-hydrogen) atoms. The number of terminal acetylenes is 1. The number of hydrogen-bond donors (Lipinski definition) is 0. The van der Waals surface area contributed by atoms with Crippen LogP contribution in [0.1, 0.15) is 5.56 Å². The van der Waals surface area contributed by atoms with Gasteiger partial charge in [0.05, 0.1) is 6.16 Å². The lowest BCUT2D eigenvalue weighted by atomic mass is 10.2. The molecule has 0 aliphatic heterocycles. The molecule has 2 rings (SSSR count). The summed E-state index contributed by atoms with van der Waals surface area (Å²) in [4.78, 5) is 0. The van der Waals surface area contributed by atoms with E-state index in [1.807, 2.05) is 36.4 Å². The van der Waals surface area contributed by atoms with E-state index in [2.05, 4.69) is 5.92 Å². The van der Waals surface area contributed by atoms with Gasteiger partial charge in [0.25, 0.3) is 0 Å². The molecule has 1 unspecified atom stereocenters. The average molecular weight is 305 g/mol. The minimum atomic E-state index is -3.06. The summed E-state index contributed by atoms with van der Waals surface area (Å²) in [6.45, 7) is 0.0105. The van der Waals surface area contributed by atoms with E-state index >= 15 is 0 Å². The van der Waals surface area contributed by atoms with Crippen molar-refractivity contribution in [3.8, 4) is 12.3 Å². The lowest BCUT2D eigenvalue weighted by Gasteiger charge is -2.18. The van der Waals surface area contributed by atoms with Crippen molar-refractivity contribution in [1.82, 2.24) is 0 Å². The van der Waals surface area contributed by atoms with Crippen LogP contribution >= 0.6 is 19.0 Å². The van der Waals surface area contributed by atoms with Crippen molar-refractivity contribution in [1.29, 1.82) is 0 Å². The summed E-state index contributed by atoms with van der Waals surface area (Å²) < 4.78 is 18.6. The van der Waals surface area contributed by atoms with Gasteiger partial charge >= 0.3 is 0 Å². The third-order valence-electron chi connectivity index (χ3n) is 2.84. The highest BCUT2D eigenvalue weighted by molar-refractivity contribution is 7.66. The molecular formula is C16H14ClO2P. The molecule has 0 aromatic heterocycles. The normalized spacial score (nSPS) is 13.4. The zero-order chi connectivity index (χ0) is 14.4. The molecule has 4 heteroatoms. The summed E-state index contributed by atoms with van der Waals surface area (Å²) >= 11 is 6.13. The zero-order valence-corrected chi connectivity index (χ0v) is 12.5. The second-order valence-corrected chi connectivity index (χ2v) is 7.08. The van der Waals surface area contributed by atoms with E-state index in [4.69, 9.17) is 22.5 Å². The van der Waals surface area contributed by atoms with Gasteiger partial charge in [0.15, 0.2) is 0 Å². The van der Waals surface area contributed by atoms with Crippen LogP contribution in [0.5, 0.6) is 0 Å². The standard InChI is InChI=1S/C16H14ClO2P/c1-2-12-19-20(18,15-9-4-3-5-10-15)13-14-8-6-7-11-16(14)17/h1,3-11H,12-13H2. The van der Waals surface area contributed by atoms with E-state index in [1.54, 1.807) is 18.2 Å². The van der Waals surface area contributed by atoms with Gasteiger partial charge in [0, 0.05) is 10.3 Å². The Morgan fingerprint density at radius 1 is 1.10 bits per heavy atom. The van der Waals surface area contributed by atoms with Crippen LogP contribution in [0.3, 0.4) is 0 Å². The molecule has 0 bridgehead atoms. The number of hydrogen-bond acceptors (Lipinski definition) is 2. The SMILES string of the molecule is C#CCOP(=O)(Cc1ccccc1Cl)c1ccccc1. The van der Waals surface area contributed by atoms with Crippen LogP contribution in [-0.2, 0) is 15.3 Å². The lowest BCUT2D eigenvalue weighted by molar-refractivity contribution is 0.366. The van der Waals surface area contributed by atoms with Crippen LogP contribution in [0, 0.1) is 12.3 Å². The minimum Gasteiger partial charge on any atom is -0.312 e. The number of rotatable bonds is 5. The highest BCUT2D eigenvalue weighted by Gasteiger charge is 2.26. The topological polar surface area (TPSA) is 26.3 Å². The molecule has 2 nitrogen and oxygen atoms in total. The van der Waals surface area contributed by atoms with Gasteiger partial charge in [-0.2, -0.15) is 0 Å². The predicted molar refractivity (Wildman–Crippen MR) is 83.6 cm³/mol. The molecule has 1 atom stereocenters. The van der Waals surface area contributed by atoms with E-state index in [0.717, 1.165) is 5.56 Å². The molecule has 0 N–H and O–H groups in total. The quantitative estimate of drug-likeness (QED) is 0.614. The van der Waals surface area contributed by atoms with Crippen molar-refractivity contribution in [3.05, 3.63) is 65.2 Å². The van der Waals surface area contributed by atoms with Gasteiger partial charge < -0.3 is 4.52 Å². The van der Waals surface area contributed by atoms with Gasteiger partial charge in [-0.3, -0.25) is 4.57 Å². The van der Waals surface area contributed by atoms with Crippen LogP contribution in [0.25, 0.3) is 0 Å². The molecule has 0 spiro atoms. The fourth-order valence-corrected chi connectivity index (χ4v) is 4.21. The molecular weight excluding hydrogens is 291 g/mol. The molecule has 2 aromatic rings. The van der Waals surface area contributed by atoms with Crippen LogP contribution in [0.2, 0.25) is 5.02 Å². The molecule has 0 saturated heterocycles. The summed E-state index contributed by atoms with van der Waals surface area (Å²) in [5, 5.41) is 1.23. The second kappa shape index (κ2) is 6.77. The van der Waals surface area contributed by atoms with E-state index in [-0.39, 0.29) is 12.8 Å². The Balaban J connectivity index is 2.36. The third kappa shape index (κ3) is 3.52. The molecule has 0 aliphatic carbocycles. The van der Waals surface area contributed by atoms with Crippen LogP contribution in [-0.4, -0.2) is 6.61 Å².